The van der Waals surface area contributed by atoms with Gasteiger partial charge in [0.1, 0.15) is 11.9 Å². The number of aliphatic hydroxyl groups excluding tert-OH is 2. The van der Waals surface area contributed by atoms with E-state index in [9.17, 15) is 24.6 Å². The summed E-state index contributed by atoms with van der Waals surface area (Å²) in [6.45, 7) is 8.52. The molecule has 2 rings (SSSR count). The highest BCUT2D eigenvalue weighted by molar-refractivity contribution is 5.96. The van der Waals surface area contributed by atoms with Gasteiger partial charge < -0.3 is 20.8 Å². The number of anilines is 1. The normalized spacial score (nSPS) is 17.8. The van der Waals surface area contributed by atoms with Crippen molar-refractivity contribution in [3.63, 3.8) is 0 Å². The predicted molar refractivity (Wildman–Crippen MR) is 132 cm³/mol. The molecule has 8 heteroatoms. The van der Waals surface area contributed by atoms with Crippen LogP contribution in [0.2, 0.25) is 0 Å². The maximum Gasteiger partial charge on any atom is 0.249 e. The highest BCUT2D eigenvalue weighted by atomic mass is 16.3. The molecule has 1 fully saturated rings. The van der Waals surface area contributed by atoms with Crippen molar-refractivity contribution in [1.82, 2.24) is 10.2 Å². The Balaban J connectivity index is 1.77. The summed E-state index contributed by atoms with van der Waals surface area (Å²) in [4.78, 5) is 39.5. The summed E-state index contributed by atoms with van der Waals surface area (Å²) in [5.41, 5.74) is 2.02. The molecule has 1 aromatic carbocycles. The second-order valence-corrected chi connectivity index (χ2v) is 10.0. The number of hydrogen-bond donors (Lipinski definition) is 4. The molecule has 0 radical (unpaired) electrons. The average Bonchev–Trinajstić information content (AvgIpc) is 2.81. The zero-order chi connectivity index (χ0) is 25.3. The lowest BCUT2D eigenvalue weighted by molar-refractivity contribution is -0.137. The van der Waals surface area contributed by atoms with Crippen molar-refractivity contribution < 1.29 is 24.6 Å². The van der Waals surface area contributed by atoms with Crippen LogP contribution in [0.5, 0.6) is 0 Å². The van der Waals surface area contributed by atoms with Crippen LogP contribution in [0.1, 0.15) is 63.5 Å². The molecule has 1 aliphatic rings. The molecule has 2 amide bonds. The van der Waals surface area contributed by atoms with Gasteiger partial charge in [-0.3, -0.25) is 19.3 Å². The minimum absolute atomic E-state index is 0.00972. The van der Waals surface area contributed by atoms with Crippen molar-refractivity contribution in [2.75, 3.05) is 31.6 Å². The molecule has 190 valence electrons. The number of likely N-dealkylation sites (tertiary alicyclic amines) is 1. The van der Waals surface area contributed by atoms with Crippen LogP contribution in [0.4, 0.5) is 5.69 Å². The van der Waals surface area contributed by atoms with Crippen LogP contribution in [-0.4, -0.2) is 71.1 Å². The molecule has 34 heavy (non-hydrogen) atoms. The Morgan fingerprint density at radius 3 is 2.47 bits per heavy atom. The molecule has 8 nitrogen and oxygen atoms in total. The fraction of sp³-hybridized carbons (Fsp3) is 0.654. The number of piperidine rings is 1. The van der Waals surface area contributed by atoms with Crippen molar-refractivity contribution >= 4 is 23.3 Å². The summed E-state index contributed by atoms with van der Waals surface area (Å²) in [6, 6.07) is 5.76. The number of Topliss-reactive ketones (excluding diaryl/α,β-unsaturated/α-hetero) is 1. The largest absolute Gasteiger partial charge is 0.396 e. The molecule has 1 aromatic rings. The Hall–Kier alpha value is -2.29. The quantitative estimate of drug-likeness (QED) is 0.368. The smallest absolute Gasteiger partial charge is 0.249 e. The zero-order valence-electron chi connectivity index (χ0n) is 21.0. The van der Waals surface area contributed by atoms with E-state index in [0.29, 0.717) is 19.4 Å². The summed E-state index contributed by atoms with van der Waals surface area (Å²) < 4.78 is 0. The Labute approximate surface area is 203 Å². The van der Waals surface area contributed by atoms with Gasteiger partial charge in [-0.1, -0.05) is 38.5 Å². The summed E-state index contributed by atoms with van der Waals surface area (Å²) in [5, 5.41) is 24.9. The van der Waals surface area contributed by atoms with Gasteiger partial charge in [0.25, 0.3) is 0 Å². The van der Waals surface area contributed by atoms with Crippen LogP contribution >= 0.6 is 0 Å². The van der Waals surface area contributed by atoms with E-state index in [4.69, 9.17) is 0 Å². The van der Waals surface area contributed by atoms with Crippen LogP contribution in [-0.2, 0) is 14.4 Å². The Bertz CT molecular complexity index is 835. The van der Waals surface area contributed by atoms with E-state index in [1.54, 1.807) is 13.8 Å². The number of nitrogens with one attached hydrogen (secondary N) is 2. The maximum atomic E-state index is 13.0. The lowest BCUT2D eigenvalue weighted by Gasteiger charge is -2.34. The first-order chi connectivity index (χ1) is 16.1. The van der Waals surface area contributed by atoms with Crippen LogP contribution in [0.15, 0.2) is 18.2 Å². The molecule has 1 heterocycles. The van der Waals surface area contributed by atoms with E-state index in [1.165, 1.54) is 0 Å². The van der Waals surface area contributed by atoms with Crippen LogP contribution in [0, 0.1) is 19.3 Å². The lowest BCUT2D eigenvalue weighted by atomic mass is 9.87. The molecule has 1 unspecified atom stereocenters. The van der Waals surface area contributed by atoms with Gasteiger partial charge in [-0.25, -0.2) is 0 Å². The molecular formula is C26H41N3O5. The Morgan fingerprint density at radius 1 is 1.15 bits per heavy atom. The number of amides is 2. The molecule has 0 aliphatic carbocycles. The second kappa shape index (κ2) is 13.0. The maximum absolute atomic E-state index is 13.0. The minimum Gasteiger partial charge on any atom is -0.396 e. The van der Waals surface area contributed by atoms with Crippen LogP contribution < -0.4 is 10.6 Å². The van der Waals surface area contributed by atoms with E-state index >= 15 is 0 Å². The lowest BCUT2D eigenvalue weighted by Crippen LogP contribution is -2.47. The number of carbonyl (C=O) groups excluding carboxylic acids is 3. The number of aryl methyl sites for hydroxylation is 2. The number of hydrogen-bond acceptors (Lipinski definition) is 6. The highest BCUT2D eigenvalue weighted by Gasteiger charge is 2.33. The summed E-state index contributed by atoms with van der Waals surface area (Å²) in [6.07, 6.45) is 2.75. The third kappa shape index (κ3) is 7.89. The predicted octanol–water partition coefficient (Wildman–Crippen LogP) is 2.33. The molecule has 1 saturated heterocycles. The second-order valence-electron chi connectivity index (χ2n) is 10.0. The van der Waals surface area contributed by atoms with Crippen molar-refractivity contribution in [1.29, 1.82) is 0 Å². The number of nitrogens with zero attached hydrogens (tertiary/aromatic N) is 1. The topological polar surface area (TPSA) is 119 Å². The first kappa shape index (κ1) is 28.0. The van der Waals surface area contributed by atoms with E-state index in [0.717, 1.165) is 42.6 Å². The van der Waals surface area contributed by atoms with Crippen molar-refractivity contribution in [3.05, 3.63) is 29.3 Å². The summed E-state index contributed by atoms with van der Waals surface area (Å²) in [5.74, 6) is -0.543. The SMILES string of the molecule is Cc1cccc(C)c1NC(=O)C1CCCCN1CCCC(=O)CCNC(=O)[C@H](O)C(C)(C)CO. The molecule has 0 spiro atoms. The van der Waals surface area contributed by atoms with Crippen LogP contribution in [0.25, 0.3) is 0 Å². The van der Waals surface area contributed by atoms with Gasteiger partial charge in [-0.05, 0) is 57.3 Å². The Kier molecular flexibility index (Phi) is 10.7. The standard InChI is InChI=1S/C26H41N3O5/c1-18-9-7-10-19(2)22(18)28-24(33)21-12-5-6-15-29(21)16-8-11-20(31)13-14-27-25(34)23(32)26(3,4)17-30/h7,9-10,21,23,30,32H,5-6,8,11-17H2,1-4H3,(H,27,34)(H,28,33)/t21?,23-/m0/s1. The average molecular weight is 476 g/mol. The molecule has 0 saturated carbocycles. The Morgan fingerprint density at radius 2 is 1.82 bits per heavy atom. The summed E-state index contributed by atoms with van der Waals surface area (Å²) >= 11 is 0. The minimum atomic E-state index is -1.33. The van der Waals surface area contributed by atoms with Gasteiger partial charge in [0.05, 0.1) is 12.6 Å². The number of para-hydroxylation sites is 1. The number of rotatable bonds is 12. The van der Waals surface area contributed by atoms with Crippen molar-refractivity contribution in [2.45, 2.75) is 78.4 Å². The van der Waals surface area contributed by atoms with Gasteiger partial charge in [0.15, 0.2) is 0 Å². The van der Waals surface area contributed by atoms with Gasteiger partial charge in [-0.15, -0.1) is 0 Å². The van der Waals surface area contributed by atoms with Crippen LogP contribution in [0.3, 0.4) is 0 Å². The molecule has 1 aliphatic heterocycles. The number of aliphatic hydroxyl groups is 2. The van der Waals surface area contributed by atoms with Gasteiger partial charge in [0.2, 0.25) is 11.8 Å². The number of ketones is 1. The third-order valence-corrected chi connectivity index (χ3v) is 6.65. The van der Waals surface area contributed by atoms with E-state index in [1.807, 2.05) is 32.0 Å². The number of benzene rings is 1. The molecule has 4 N–H and O–H groups in total. The van der Waals surface area contributed by atoms with Gasteiger partial charge in [0, 0.05) is 30.5 Å². The number of carbonyl (C=O) groups is 3. The molecule has 2 atom stereocenters. The molecular weight excluding hydrogens is 434 g/mol. The monoisotopic (exact) mass is 475 g/mol. The molecule has 0 aromatic heterocycles. The fourth-order valence-electron chi connectivity index (χ4n) is 4.24. The summed E-state index contributed by atoms with van der Waals surface area (Å²) in [7, 11) is 0. The van der Waals surface area contributed by atoms with Gasteiger partial charge >= 0.3 is 0 Å². The first-order valence-corrected chi connectivity index (χ1v) is 12.3. The van der Waals surface area contributed by atoms with Crippen molar-refractivity contribution in [2.24, 2.45) is 5.41 Å². The fourth-order valence-corrected chi connectivity index (χ4v) is 4.24. The van der Waals surface area contributed by atoms with E-state index < -0.39 is 17.4 Å². The molecule has 0 bridgehead atoms. The van der Waals surface area contributed by atoms with E-state index in [2.05, 4.69) is 15.5 Å². The van der Waals surface area contributed by atoms with E-state index in [-0.39, 0.29) is 37.3 Å². The van der Waals surface area contributed by atoms with Gasteiger partial charge in [-0.2, -0.15) is 0 Å². The third-order valence-electron chi connectivity index (χ3n) is 6.65. The zero-order valence-corrected chi connectivity index (χ0v) is 21.0. The first-order valence-electron chi connectivity index (χ1n) is 12.3. The van der Waals surface area contributed by atoms with Crippen molar-refractivity contribution in [3.8, 4) is 0 Å². The highest BCUT2D eigenvalue weighted by Crippen LogP contribution is 2.23.